The summed E-state index contributed by atoms with van der Waals surface area (Å²) in [5.41, 5.74) is -0.318. The van der Waals surface area contributed by atoms with E-state index < -0.39 is 15.1 Å². The Hall–Kier alpha value is -2.26. The van der Waals surface area contributed by atoms with Crippen molar-refractivity contribution in [2.75, 3.05) is 26.3 Å². The third-order valence-corrected chi connectivity index (χ3v) is 10.6. The number of benzene rings is 2. The van der Waals surface area contributed by atoms with Crippen LogP contribution in [0.2, 0.25) is 5.02 Å². The number of piperidine rings is 1. The Labute approximate surface area is 216 Å². The molecule has 1 aliphatic carbocycles. The van der Waals surface area contributed by atoms with Crippen molar-refractivity contribution in [3.8, 4) is 0 Å². The van der Waals surface area contributed by atoms with Gasteiger partial charge in [-0.1, -0.05) is 23.7 Å². The van der Waals surface area contributed by atoms with E-state index in [-0.39, 0.29) is 34.7 Å². The van der Waals surface area contributed by atoms with Gasteiger partial charge >= 0.3 is 0 Å². The summed E-state index contributed by atoms with van der Waals surface area (Å²) in [5, 5.41) is 1.56. The van der Waals surface area contributed by atoms with Gasteiger partial charge in [0.2, 0.25) is 0 Å². The molecule has 3 unspecified atom stereocenters. The van der Waals surface area contributed by atoms with Crippen LogP contribution in [0.5, 0.6) is 0 Å². The van der Waals surface area contributed by atoms with Crippen molar-refractivity contribution in [2.45, 2.75) is 54.0 Å². The molecule has 7 nitrogen and oxygen atoms in total. The Morgan fingerprint density at radius 1 is 1.11 bits per heavy atom. The van der Waals surface area contributed by atoms with Gasteiger partial charge in [-0.3, -0.25) is 14.7 Å². The second-order valence-corrected chi connectivity index (χ2v) is 13.2. The fourth-order valence-electron chi connectivity index (χ4n) is 6.23. The molecule has 1 saturated carbocycles. The van der Waals surface area contributed by atoms with Crippen molar-refractivity contribution >= 4 is 44.2 Å². The lowest BCUT2D eigenvalue weighted by Gasteiger charge is -2.40. The summed E-state index contributed by atoms with van der Waals surface area (Å²) in [5.74, 6) is -0.160. The smallest absolute Gasteiger partial charge is 0.181 e. The van der Waals surface area contributed by atoms with Gasteiger partial charge in [0.25, 0.3) is 0 Å². The predicted molar refractivity (Wildman–Crippen MR) is 140 cm³/mol. The van der Waals surface area contributed by atoms with E-state index in [4.69, 9.17) is 16.3 Å². The van der Waals surface area contributed by atoms with Crippen LogP contribution < -0.4 is 0 Å². The molecular formula is C27H30ClN3O4S. The van der Waals surface area contributed by atoms with Crippen LogP contribution in [0.25, 0.3) is 10.8 Å². The highest BCUT2D eigenvalue weighted by Gasteiger charge is 2.54. The number of aliphatic imine (C=N–C) groups is 1. The van der Waals surface area contributed by atoms with E-state index in [0.29, 0.717) is 17.9 Å². The standard InChI is InChI=1S/C27H30ClN3O4S/c28-21-3-1-20-14-22(4-2-19(20)13-21)36(33,34)23-15-25(32)24-17-27(35-26(24)16-23)5-9-30(10-6-27)18-31-11-7-29-8-12-31/h1-4,7-8,11,13-14,23-24,26H,5-6,9-10,12,15-18H2. The number of carbonyl (C=O) groups is 1. The molecule has 0 bridgehead atoms. The molecule has 0 aromatic heterocycles. The van der Waals surface area contributed by atoms with Crippen LogP contribution in [0.1, 0.15) is 32.1 Å². The van der Waals surface area contributed by atoms with Gasteiger partial charge in [0.15, 0.2) is 9.84 Å². The Morgan fingerprint density at radius 2 is 1.89 bits per heavy atom. The van der Waals surface area contributed by atoms with Crippen molar-refractivity contribution in [3.05, 3.63) is 53.8 Å². The second-order valence-electron chi connectivity index (χ2n) is 10.5. The normalized spacial score (nSPS) is 28.2. The van der Waals surface area contributed by atoms with Crippen molar-refractivity contribution in [1.82, 2.24) is 9.80 Å². The lowest BCUT2D eigenvalue weighted by Crippen LogP contribution is -2.47. The maximum Gasteiger partial charge on any atom is 0.181 e. The highest BCUT2D eigenvalue weighted by atomic mass is 35.5. The number of ether oxygens (including phenoxy) is 1. The van der Waals surface area contributed by atoms with Gasteiger partial charge < -0.3 is 9.64 Å². The number of rotatable bonds is 4. The maximum absolute atomic E-state index is 13.6. The van der Waals surface area contributed by atoms with Crippen LogP contribution >= 0.6 is 11.6 Å². The van der Waals surface area contributed by atoms with Crippen LogP contribution in [0, 0.1) is 5.92 Å². The van der Waals surface area contributed by atoms with Gasteiger partial charge in [0.1, 0.15) is 5.78 Å². The highest BCUT2D eigenvalue weighted by molar-refractivity contribution is 7.92. The number of likely N-dealkylation sites (tertiary alicyclic amines) is 1. The lowest BCUT2D eigenvalue weighted by molar-refractivity contribution is -0.128. The second kappa shape index (κ2) is 9.24. The minimum Gasteiger partial charge on any atom is -0.371 e. The predicted octanol–water partition coefficient (Wildman–Crippen LogP) is 4.05. The number of ketones is 1. The summed E-state index contributed by atoms with van der Waals surface area (Å²) in [6.45, 7) is 3.46. The lowest BCUT2D eigenvalue weighted by atomic mass is 9.79. The first-order valence-electron chi connectivity index (χ1n) is 12.6. The molecule has 0 amide bonds. The van der Waals surface area contributed by atoms with Crippen LogP contribution in [-0.2, 0) is 19.4 Å². The summed E-state index contributed by atoms with van der Waals surface area (Å²) in [7, 11) is -3.67. The van der Waals surface area contributed by atoms with Gasteiger partial charge in [-0.05, 0) is 60.7 Å². The van der Waals surface area contributed by atoms with Crippen molar-refractivity contribution in [1.29, 1.82) is 0 Å². The Bertz CT molecular complexity index is 1350. The molecule has 3 atom stereocenters. The molecule has 3 aliphatic heterocycles. The zero-order valence-electron chi connectivity index (χ0n) is 20.1. The molecule has 190 valence electrons. The quantitative estimate of drug-likeness (QED) is 0.597. The summed E-state index contributed by atoms with van der Waals surface area (Å²) < 4.78 is 33.7. The zero-order chi connectivity index (χ0) is 24.9. The first kappa shape index (κ1) is 24.1. The molecule has 36 heavy (non-hydrogen) atoms. The summed E-state index contributed by atoms with van der Waals surface area (Å²) in [6, 6.07) is 10.5. The molecular weight excluding hydrogens is 498 g/mol. The van der Waals surface area contributed by atoms with Crippen molar-refractivity contribution in [2.24, 2.45) is 10.9 Å². The first-order chi connectivity index (χ1) is 17.3. The third kappa shape index (κ3) is 4.49. The van der Waals surface area contributed by atoms with Gasteiger partial charge in [-0.25, -0.2) is 8.42 Å². The fraction of sp³-hybridized carbons (Fsp3) is 0.481. The van der Waals surface area contributed by atoms with E-state index in [9.17, 15) is 13.2 Å². The summed E-state index contributed by atoms with van der Waals surface area (Å²) >= 11 is 6.07. The molecule has 2 saturated heterocycles. The van der Waals surface area contributed by atoms with Crippen LogP contribution in [-0.4, -0.2) is 73.5 Å². The maximum atomic E-state index is 13.6. The SMILES string of the molecule is O=C1CC(S(=O)(=O)c2ccc3cc(Cl)ccc3c2)CC2OC3(CCN(CN4C=CN=CC4)CC3)CC12. The molecule has 3 fully saturated rings. The first-order valence-corrected chi connectivity index (χ1v) is 14.5. The number of fused-ring (bicyclic) bond motifs is 2. The minimum atomic E-state index is -3.67. The molecule has 4 aliphatic rings. The number of hydrogen-bond donors (Lipinski definition) is 0. The highest BCUT2D eigenvalue weighted by Crippen LogP contribution is 2.47. The van der Waals surface area contributed by atoms with E-state index in [2.05, 4.69) is 14.8 Å². The molecule has 2 aromatic rings. The molecule has 3 heterocycles. The molecule has 6 rings (SSSR count). The van der Waals surface area contributed by atoms with Crippen molar-refractivity contribution < 1.29 is 17.9 Å². The summed E-state index contributed by atoms with van der Waals surface area (Å²) in [4.78, 5) is 22.2. The van der Waals surface area contributed by atoms with Gasteiger partial charge in [0, 0.05) is 49.1 Å². The zero-order valence-corrected chi connectivity index (χ0v) is 21.6. The monoisotopic (exact) mass is 527 g/mol. The van der Waals surface area contributed by atoms with Crippen LogP contribution in [0.4, 0.5) is 0 Å². The topological polar surface area (TPSA) is 79.3 Å². The average molecular weight is 528 g/mol. The summed E-state index contributed by atoms with van der Waals surface area (Å²) in [6.07, 6.45) is 8.28. The van der Waals surface area contributed by atoms with Crippen molar-refractivity contribution in [3.63, 3.8) is 0 Å². The Balaban J connectivity index is 1.14. The van der Waals surface area contributed by atoms with Crippen LogP contribution in [0.15, 0.2) is 58.7 Å². The molecule has 9 heteroatoms. The van der Waals surface area contributed by atoms with Gasteiger partial charge in [-0.2, -0.15) is 0 Å². The van der Waals surface area contributed by atoms with Gasteiger partial charge in [0.05, 0.1) is 35.1 Å². The van der Waals surface area contributed by atoms with E-state index >= 15 is 0 Å². The molecule has 0 radical (unpaired) electrons. The molecule has 0 N–H and O–H groups in total. The minimum absolute atomic E-state index is 0.0319. The third-order valence-electron chi connectivity index (χ3n) is 8.25. The average Bonchev–Trinajstić information content (AvgIpc) is 3.24. The Kier molecular flexibility index (Phi) is 6.19. The Morgan fingerprint density at radius 3 is 2.67 bits per heavy atom. The van der Waals surface area contributed by atoms with E-state index in [1.165, 1.54) is 0 Å². The number of Topliss-reactive ketones (excluding diaryl/α,β-unsaturated/α-hetero) is 1. The number of carbonyl (C=O) groups excluding carboxylic acids is 1. The number of halogens is 1. The number of hydrogen-bond acceptors (Lipinski definition) is 7. The van der Waals surface area contributed by atoms with E-state index in [1.54, 1.807) is 24.3 Å². The fourth-order valence-corrected chi connectivity index (χ4v) is 8.17. The van der Waals surface area contributed by atoms with E-state index in [1.807, 2.05) is 30.7 Å². The molecule has 2 aromatic carbocycles. The molecule has 1 spiro atoms. The van der Waals surface area contributed by atoms with Gasteiger partial charge in [-0.15, -0.1) is 0 Å². The largest absolute Gasteiger partial charge is 0.371 e. The number of sulfone groups is 1. The number of nitrogens with zero attached hydrogens (tertiary/aromatic N) is 3. The van der Waals surface area contributed by atoms with E-state index in [0.717, 1.165) is 49.9 Å². The van der Waals surface area contributed by atoms with Crippen LogP contribution in [0.3, 0.4) is 0 Å².